The lowest BCUT2D eigenvalue weighted by Gasteiger charge is -2.15. The molecule has 2 aromatic rings. The van der Waals surface area contributed by atoms with Gasteiger partial charge in [0.15, 0.2) is 17.6 Å². The molecule has 0 unspecified atom stereocenters. The fourth-order valence-corrected chi connectivity index (χ4v) is 2.58. The van der Waals surface area contributed by atoms with E-state index < -0.39 is 18.0 Å². The van der Waals surface area contributed by atoms with Gasteiger partial charge in [0.05, 0.1) is 27.8 Å². The third-order valence-corrected chi connectivity index (χ3v) is 4.07. The van der Waals surface area contributed by atoms with Gasteiger partial charge in [-0.05, 0) is 43.7 Å². The van der Waals surface area contributed by atoms with Crippen LogP contribution in [0.25, 0.3) is 0 Å². The maximum atomic E-state index is 12.3. The zero-order chi connectivity index (χ0) is 20.7. The highest BCUT2D eigenvalue weighted by atomic mass is 16.5. The van der Waals surface area contributed by atoms with Crippen LogP contribution in [0.5, 0.6) is 17.2 Å². The maximum absolute atomic E-state index is 12.3. The topological polar surface area (TPSA) is 83.1 Å². The summed E-state index contributed by atoms with van der Waals surface area (Å²) >= 11 is 0. The molecule has 0 spiro atoms. The van der Waals surface area contributed by atoms with Crippen molar-refractivity contribution >= 4 is 17.6 Å². The van der Waals surface area contributed by atoms with E-state index in [0.717, 1.165) is 5.56 Å². The van der Waals surface area contributed by atoms with E-state index in [2.05, 4.69) is 5.32 Å². The van der Waals surface area contributed by atoms with Crippen LogP contribution < -0.4 is 19.5 Å². The predicted molar refractivity (Wildman–Crippen MR) is 105 cm³/mol. The van der Waals surface area contributed by atoms with E-state index in [9.17, 15) is 9.59 Å². The lowest BCUT2D eigenvalue weighted by atomic mass is 10.1. The van der Waals surface area contributed by atoms with Gasteiger partial charge in [0, 0.05) is 5.69 Å². The van der Waals surface area contributed by atoms with Crippen LogP contribution in [0.1, 0.15) is 18.1 Å². The smallest absolute Gasteiger partial charge is 0.311 e. The van der Waals surface area contributed by atoms with E-state index in [1.165, 1.54) is 28.3 Å². The molecule has 0 radical (unpaired) electrons. The van der Waals surface area contributed by atoms with Gasteiger partial charge in [-0.1, -0.05) is 17.7 Å². The molecular weight excluding hydrogens is 362 g/mol. The highest BCUT2D eigenvalue weighted by Gasteiger charge is 2.20. The van der Waals surface area contributed by atoms with Crippen molar-refractivity contribution in [1.29, 1.82) is 0 Å². The van der Waals surface area contributed by atoms with E-state index in [4.69, 9.17) is 18.9 Å². The first-order valence-corrected chi connectivity index (χ1v) is 8.73. The monoisotopic (exact) mass is 387 g/mol. The van der Waals surface area contributed by atoms with Crippen LogP contribution in [0.3, 0.4) is 0 Å². The second kappa shape index (κ2) is 9.64. The standard InChI is InChI=1S/C21H25NO6/c1-13-6-8-16(9-7-13)22-21(24)14(2)28-19(23)12-15-10-17(25-3)20(27-5)18(11-15)26-4/h6-11,14H,12H2,1-5H3,(H,22,24)/t14-/m0/s1. The van der Waals surface area contributed by atoms with Crippen molar-refractivity contribution in [1.82, 2.24) is 0 Å². The number of amides is 1. The molecule has 0 bridgehead atoms. The number of hydrogen-bond acceptors (Lipinski definition) is 6. The fraction of sp³-hybridized carbons (Fsp3) is 0.333. The number of aryl methyl sites for hydroxylation is 1. The summed E-state index contributed by atoms with van der Waals surface area (Å²) in [5.41, 5.74) is 2.34. The number of carbonyl (C=O) groups excluding carboxylic acids is 2. The summed E-state index contributed by atoms with van der Waals surface area (Å²) < 4.78 is 21.1. The molecule has 0 aromatic heterocycles. The molecule has 7 nitrogen and oxygen atoms in total. The molecule has 0 fully saturated rings. The number of benzene rings is 2. The van der Waals surface area contributed by atoms with Crippen molar-refractivity contribution in [2.24, 2.45) is 0 Å². The molecule has 1 amide bonds. The Bertz CT molecular complexity index is 806. The molecule has 0 saturated carbocycles. The molecule has 1 atom stereocenters. The number of carbonyl (C=O) groups is 2. The largest absolute Gasteiger partial charge is 0.493 e. The SMILES string of the molecule is COc1cc(CC(=O)O[C@@H](C)C(=O)Nc2ccc(C)cc2)cc(OC)c1OC. The number of esters is 1. The van der Waals surface area contributed by atoms with Gasteiger partial charge in [0.1, 0.15) is 0 Å². The fourth-order valence-electron chi connectivity index (χ4n) is 2.58. The van der Waals surface area contributed by atoms with Crippen LogP contribution in [-0.4, -0.2) is 39.3 Å². The Balaban J connectivity index is 2.00. The van der Waals surface area contributed by atoms with Gasteiger partial charge in [-0.2, -0.15) is 0 Å². The number of ether oxygens (including phenoxy) is 4. The molecule has 0 saturated heterocycles. The van der Waals surface area contributed by atoms with Crippen LogP contribution in [0.4, 0.5) is 5.69 Å². The summed E-state index contributed by atoms with van der Waals surface area (Å²) in [6.45, 7) is 3.48. The van der Waals surface area contributed by atoms with E-state index >= 15 is 0 Å². The third kappa shape index (κ3) is 5.39. The first kappa shape index (κ1) is 21.1. The molecule has 0 aliphatic rings. The van der Waals surface area contributed by atoms with Crippen LogP contribution in [0, 0.1) is 6.92 Å². The van der Waals surface area contributed by atoms with E-state index in [-0.39, 0.29) is 6.42 Å². The van der Waals surface area contributed by atoms with E-state index in [0.29, 0.717) is 28.5 Å². The molecule has 2 rings (SSSR count). The van der Waals surface area contributed by atoms with Crippen molar-refractivity contribution in [3.63, 3.8) is 0 Å². The Morgan fingerprint density at radius 3 is 2.04 bits per heavy atom. The minimum atomic E-state index is -0.934. The Labute approximate surface area is 164 Å². The van der Waals surface area contributed by atoms with Crippen molar-refractivity contribution < 1.29 is 28.5 Å². The van der Waals surface area contributed by atoms with Gasteiger partial charge >= 0.3 is 5.97 Å². The lowest BCUT2D eigenvalue weighted by Crippen LogP contribution is -2.30. The second-order valence-corrected chi connectivity index (χ2v) is 6.20. The number of methoxy groups -OCH3 is 3. The number of rotatable bonds is 8. The first-order chi connectivity index (χ1) is 13.4. The zero-order valence-corrected chi connectivity index (χ0v) is 16.7. The molecule has 0 aliphatic carbocycles. The van der Waals surface area contributed by atoms with Crippen molar-refractivity contribution in [3.8, 4) is 17.2 Å². The van der Waals surface area contributed by atoms with Crippen LogP contribution in [-0.2, 0) is 20.7 Å². The van der Waals surface area contributed by atoms with Crippen LogP contribution in [0.2, 0.25) is 0 Å². The number of anilines is 1. The minimum absolute atomic E-state index is 0.0428. The van der Waals surface area contributed by atoms with Gasteiger partial charge in [-0.25, -0.2) is 0 Å². The molecule has 2 aromatic carbocycles. The van der Waals surface area contributed by atoms with Crippen molar-refractivity contribution in [2.75, 3.05) is 26.6 Å². The normalized spacial score (nSPS) is 11.3. The average molecular weight is 387 g/mol. The molecule has 0 heterocycles. The Morgan fingerprint density at radius 1 is 0.964 bits per heavy atom. The Hall–Kier alpha value is -3.22. The minimum Gasteiger partial charge on any atom is -0.493 e. The molecule has 150 valence electrons. The summed E-state index contributed by atoms with van der Waals surface area (Å²) in [4.78, 5) is 24.5. The first-order valence-electron chi connectivity index (χ1n) is 8.73. The maximum Gasteiger partial charge on any atom is 0.311 e. The molecule has 7 heteroatoms. The highest BCUT2D eigenvalue weighted by Crippen LogP contribution is 2.38. The van der Waals surface area contributed by atoms with Gasteiger partial charge in [-0.3, -0.25) is 9.59 Å². The quantitative estimate of drug-likeness (QED) is 0.701. The summed E-state index contributed by atoms with van der Waals surface area (Å²) in [5.74, 6) is 0.375. The molecule has 0 aliphatic heterocycles. The van der Waals surface area contributed by atoms with Gasteiger partial charge in [0.25, 0.3) is 5.91 Å². The Morgan fingerprint density at radius 2 is 1.54 bits per heavy atom. The van der Waals surface area contributed by atoms with Crippen LogP contribution >= 0.6 is 0 Å². The summed E-state index contributed by atoms with van der Waals surface area (Å²) in [6, 6.07) is 10.7. The van der Waals surface area contributed by atoms with Gasteiger partial charge in [-0.15, -0.1) is 0 Å². The zero-order valence-electron chi connectivity index (χ0n) is 16.7. The lowest BCUT2D eigenvalue weighted by molar-refractivity contribution is -0.152. The Kier molecular flexibility index (Phi) is 7.26. The van der Waals surface area contributed by atoms with Gasteiger partial charge < -0.3 is 24.3 Å². The van der Waals surface area contributed by atoms with E-state index in [1.54, 1.807) is 24.3 Å². The average Bonchev–Trinajstić information content (AvgIpc) is 2.68. The highest BCUT2D eigenvalue weighted by molar-refractivity contribution is 5.95. The molecule has 28 heavy (non-hydrogen) atoms. The predicted octanol–water partition coefficient (Wildman–Crippen LogP) is 3.13. The van der Waals surface area contributed by atoms with Crippen LogP contribution in [0.15, 0.2) is 36.4 Å². The number of hydrogen-bond donors (Lipinski definition) is 1. The van der Waals surface area contributed by atoms with E-state index in [1.807, 2.05) is 19.1 Å². The van der Waals surface area contributed by atoms with Crippen molar-refractivity contribution in [2.45, 2.75) is 26.4 Å². The summed E-state index contributed by atoms with van der Waals surface area (Å²) in [6.07, 6.45) is -0.977. The summed E-state index contributed by atoms with van der Waals surface area (Å²) in [7, 11) is 4.50. The van der Waals surface area contributed by atoms with Crippen molar-refractivity contribution in [3.05, 3.63) is 47.5 Å². The molecular formula is C21H25NO6. The second-order valence-electron chi connectivity index (χ2n) is 6.20. The molecule has 1 N–H and O–H groups in total. The van der Waals surface area contributed by atoms with Gasteiger partial charge in [0.2, 0.25) is 5.75 Å². The number of nitrogens with one attached hydrogen (secondary N) is 1. The summed E-state index contributed by atoms with van der Waals surface area (Å²) in [5, 5.41) is 2.72. The third-order valence-electron chi connectivity index (χ3n) is 4.07.